The van der Waals surface area contributed by atoms with Crippen LogP contribution in [-0.4, -0.2) is 34.0 Å². The van der Waals surface area contributed by atoms with E-state index in [2.05, 4.69) is 16.0 Å². The van der Waals surface area contributed by atoms with Gasteiger partial charge in [-0.05, 0) is 91.7 Å². The zero-order chi connectivity index (χ0) is 30.9. The standard InChI is InChI=1S/C33H28FN3O5S/c1-20-8-11-24(33(41)42)19-28(20)36-30(38)21(2)43-27-16-14-26(15-17-27)35-32(40)29(18-22-9-12-25(34)13-10-22)37-31(39)23-6-4-3-5-7-23/h3-19,21H,1-2H3,(H,35,40)(H,36,38)(H,37,39)(H,41,42)/b29-18-. The molecule has 0 aliphatic heterocycles. The second kappa shape index (κ2) is 14.1. The van der Waals surface area contributed by atoms with Gasteiger partial charge in [-0.2, -0.15) is 0 Å². The molecule has 4 aromatic rings. The number of hydrogen-bond acceptors (Lipinski definition) is 5. The highest BCUT2D eigenvalue weighted by Gasteiger charge is 2.18. The Balaban J connectivity index is 1.43. The van der Waals surface area contributed by atoms with Gasteiger partial charge in [-0.15, -0.1) is 11.8 Å². The Labute approximate surface area is 252 Å². The number of rotatable bonds is 10. The van der Waals surface area contributed by atoms with E-state index in [1.807, 2.05) is 0 Å². The molecular formula is C33H28FN3O5S. The van der Waals surface area contributed by atoms with Crippen LogP contribution in [0.3, 0.4) is 0 Å². The van der Waals surface area contributed by atoms with Crippen LogP contribution < -0.4 is 16.0 Å². The molecule has 0 fully saturated rings. The van der Waals surface area contributed by atoms with E-state index >= 15 is 0 Å². The highest BCUT2D eigenvalue weighted by atomic mass is 32.2. The zero-order valence-electron chi connectivity index (χ0n) is 23.3. The number of aromatic carboxylic acids is 1. The van der Waals surface area contributed by atoms with Gasteiger partial charge in [0.15, 0.2) is 0 Å². The molecule has 1 unspecified atom stereocenters. The largest absolute Gasteiger partial charge is 0.478 e. The number of anilines is 2. The van der Waals surface area contributed by atoms with Crippen LogP contribution in [0.2, 0.25) is 0 Å². The molecule has 0 bridgehead atoms. The quantitative estimate of drug-likeness (QED) is 0.125. The maximum Gasteiger partial charge on any atom is 0.335 e. The molecule has 0 aromatic heterocycles. The summed E-state index contributed by atoms with van der Waals surface area (Å²) in [5.74, 6) is -2.86. The highest BCUT2D eigenvalue weighted by Crippen LogP contribution is 2.27. The Morgan fingerprint density at radius 2 is 1.51 bits per heavy atom. The minimum absolute atomic E-state index is 0.0357. The smallest absolute Gasteiger partial charge is 0.335 e. The molecule has 0 heterocycles. The first-order chi connectivity index (χ1) is 20.6. The van der Waals surface area contributed by atoms with Crippen LogP contribution in [0.1, 0.15) is 38.8 Å². The van der Waals surface area contributed by atoms with Crippen molar-refractivity contribution in [3.05, 3.63) is 131 Å². The molecule has 43 heavy (non-hydrogen) atoms. The first-order valence-electron chi connectivity index (χ1n) is 13.2. The van der Waals surface area contributed by atoms with Crippen LogP contribution in [0.25, 0.3) is 6.08 Å². The van der Waals surface area contributed by atoms with Gasteiger partial charge >= 0.3 is 5.97 Å². The van der Waals surface area contributed by atoms with Gasteiger partial charge < -0.3 is 21.1 Å². The van der Waals surface area contributed by atoms with E-state index in [0.717, 1.165) is 10.5 Å². The predicted molar refractivity (Wildman–Crippen MR) is 165 cm³/mol. The lowest BCUT2D eigenvalue weighted by atomic mass is 10.1. The van der Waals surface area contributed by atoms with E-state index in [1.54, 1.807) is 74.5 Å². The highest BCUT2D eigenvalue weighted by molar-refractivity contribution is 8.00. The second-order valence-corrected chi connectivity index (χ2v) is 10.9. The SMILES string of the molecule is Cc1ccc(C(=O)O)cc1NC(=O)C(C)Sc1ccc(NC(=O)/C(=C/c2ccc(F)cc2)NC(=O)c2ccccc2)cc1. The summed E-state index contributed by atoms with van der Waals surface area (Å²) >= 11 is 1.29. The van der Waals surface area contributed by atoms with Crippen LogP contribution in [0.4, 0.5) is 15.8 Å². The minimum atomic E-state index is -1.08. The predicted octanol–water partition coefficient (Wildman–Crippen LogP) is 6.36. The fourth-order valence-corrected chi connectivity index (χ4v) is 4.73. The van der Waals surface area contributed by atoms with Crippen molar-refractivity contribution in [3.8, 4) is 0 Å². The third-order valence-electron chi connectivity index (χ3n) is 6.25. The third-order valence-corrected chi connectivity index (χ3v) is 7.36. The number of carbonyl (C=O) groups is 4. The van der Waals surface area contributed by atoms with Crippen molar-refractivity contribution >= 4 is 52.9 Å². The summed E-state index contributed by atoms with van der Waals surface area (Å²) in [6, 6.07) is 25.3. The number of carbonyl (C=O) groups excluding carboxylic acids is 3. The van der Waals surface area contributed by atoms with Crippen molar-refractivity contribution in [3.63, 3.8) is 0 Å². The Kier molecular flexibility index (Phi) is 10.1. The number of amides is 3. The van der Waals surface area contributed by atoms with Gasteiger partial charge in [-0.25, -0.2) is 9.18 Å². The summed E-state index contributed by atoms with van der Waals surface area (Å²) in [6.45, 7) is 3.51. The molecule has 0 aliphatic carbocycles. The second-order valence-electron chi connectivity index (χ2n) is 9.49. The number of nitrogens with one attached hydrogen (secondary N) is 3. The number of carboxylic acid groups (broad SMARTS) is 1. The average molecular weight is 598 g/mol. The Bertz CT molecular complexity index is 1670. The van der Waals surface area contributed by atoms with Crippen molar-refractivity contribution < 1.29 is 28.7 Å². The van der Waals surface area contributed by atoms with E-state index < -0.39 is 28.9 Å². The average Bonchev–Trinajstić information content (AvgIpc) is 3.00. The maximum absolute atomic E-state index is 13.4. The van der Waals surface area contributed by atoms with Gasteiger partial charge in [-0.3, -0.25) is 14.4 Å². The first kappa shape index (κ1) is 30.7. The molecule has 0 saturated carbocycles. The topological polar surface area (TPSA) is 125 Å². The number of carboxylic acids is 1. The van der Waals surface area contributed by atoms with Crippen molar-refractivity contribution in [2.45, 2.75) is 24.0 Å². The van der Waals surface area contributed by atoms with Gasteiger partial charge in [0.25, 0.3) is 11.8 Å². The van der Waals surface area contributed by atoms with Crippen molar-refractivity contribution in [1.29, 1.82) is 0 Å². The summed E-state index contributed by atoms with van der Waals surface area (Å²) in [7, 11) is 0. The summed E-state index contributed by atoms with van der Waals surface area (Å²) in [5.41, 5.74) is 2.54. The van der Waals surface area contributed by atoms with Gasteiger partial charge in [0.05, 0.1) is 10.8 Å². The number of benzene rings is 4. The molecule has 0 saturated heterocycles. The van der Waals surface area contributed by atoms with Crippen LogP contribution in [0, 0.1) is 12.7 Å². The molecule has 8 nitrogen and oxygen atoms in total. The van der Waals surface area contributed by atoms with Gasteiger partial charge in [-0.1, -0.05) is 36.4 Å². The Morgan fingerprint density at radius 1 is 0.837 bits per heavy atom. The first-order valence-corrected chi connectivity index (χ1v) is 14.0. The van der Waals surface area contributed by atoms with Crippen LogP contribution >= 0.6 is 11.8 Å². The molecule has 1 atom stereocenters. The molecule has 218 valence electrons. The van der Waals surface area contributed by atoms with E-state index in [-0.39, 0.29) is 17.2 Å². The van der Waals surface area contributed by atoms with E-state index in [0.29, 0.717) is 22.5 Å². The fraction of sp³-hybridized carbons (Fsp3) is 0.0909. The summed E-state index contributed by atoms with van der Waals surface area (Å²) in [5, 5.41) is 16.9. The summed E-state index contributed by atoms with van der Waals surface area (Å²) in [4.78, 5) is 50.8. The fourth-order valence-electron chi connectivity index (χ4n) is 3.87. The lowest BCUT2D eigenvalue weighted by molar-refractivity contribution is -0.115. The maximum atomic E-state index is 13.4. The van der Waals surface area contributed by atoms with E-state index in [4.69, 9.17) is 0 Å². The normalized spacial score (nSPS) is 11.7. The van der Waals surface area contributed by atoms with Crippen LogP contribution in [0.15, 0.2) is 108 Å². The molecule has 4 N–H and O–H groups in total. The molecule has 10 heteroatoms. The van der Waals surface area contributed by atoms with Crippen LogP contribution in [-0.2, 0) is 9.59 Å². The number of thioether (sulfide) groups is 1. The number of hydrogen-bond donors (Lipinski definition) is 4. The van der Waals surface area contributed by atoms with Gasteiger partial charge in [0.2, 0.25) is 5.91 Å². The lowest BCUT2D eigenvalue weighted by Gasteiger charge is -2.15. The van der Waals surface area contributed by atoms with Crippen molar-refractivity contribution in [1.82, 2.24) is 5.32 Å². The van der Waals surface area contributed by atoms with Crippen LogP contribution in [0.5, 0.6) is 0 Å². The third kappa shape index (κ3) is 8.64. The number of aryl methyl sites for hydroxylation is 1. The van der Waals surface area contributed by atoms with E-state index in [1.165, 1.54) is 54.2 Å². The molecule has 4 aromatic carbocycles. The molecule has 0 radical (unpaired) electrons. The Hall–Kier alpha value is -5.22. The van der Waals surface area contributed by atoms with Crippen molar-refractivity contribution in [2.75, 3.05) is 10.6 Å². The molecule has 4 rings (SSSR count). The van der Waals surface area contributed by atoms with Crippen molar-refractivity contribution in [2.24, 2.45) is 0 Å². The van der Waals surface area contributed by atoms with Gasteiger partial charge in [0.1, 0.15) is 11.5 Å². The Morgan fingerprint density at radius 3 is 2.16 bits per heavy atom. The molecule has 0 spiro atoms. The monoisotopic (exact) mass is 597 g/mol. The lowest BCUT2D eigenvalue weighted by Crippen LogP contribution is -2.30. The summed E-state index contributed by atoms with van der Waals surface area (Å²) < 4.78 is 13.4. The summed E-state index contributed by atoms with van der Waals surface area (Å²) in [6.07, 6.45) is 1.45. The van der Waals surface area contributed by atoms with Gasteiger partial charge in [0, 0.05) is 21.8 Å². The molecular weight excluding hydrogens is 569 g/mol. The molecule has 3 amide bonds. The zero-order valence-corrected chi connectivity index (χ0v) is 24.1. The minimum Gasteiger partial charge on any atom is -0.478 e. The molecule has 0 aliphatic rings. The van der Waals surface area contributed by atoms with E-state index in [9.17, 15) is 28.7 Å². The number of halogens is 1.